The summed E-state index contributed by atoms with van der Waals surface area (Å²) >= 11 is 0. The van der Waals surface area contributed by atoms with Gasteiger partial charge in [0, 0.05) is 31.6 Å². The van der Waals surface area contributed by atoms with Gasteiger partial charge in [0.25, 0.3) is 5.91 Å². The van der Waals surface area contributed by atoms with Gasteiger partial charge in [-0.05, 0) is 33.0 Å². The number of aryl methyl sites for hydroxylation is 1. The number of carbonyl (C=O) groups excluding carboxylic acids is 1. The van der Waals surface area contributed by atoms with Crippen LogP contribution < -0.4 is 5.32 Å². The summed E-state index contributed by atoms with van der Waals surface area (Å²) in [4.78, 5) is 19.0. The Morgan fingerprint density at radius 3 is 3.00 bits per heavy atom. The molecule has 1 fully saturated rings. The molecule has 0 aromatic carbocycles. The molecule has 2 atom stereocenters. The number of fused-ring (bicyclic) bond motifs is 1. The molecule has 0 unspecified atom stereocenters. The second-order valence-corrected chi connectivity index (χ2v) is 5.82. The lowest BCUT2D eigenvalue weighted by molar-refractivity contribution is 0.0512. The molecule has 1 aliphatic rings. The van der Waals surface area contributed by atoms with Crippen LogP contribution in [0.25, 0.3) is 5.65 Å². The number of hydrogen-bond donors (Lipinski definition) is 1. The number of hydrogen-bond acceptors (Lipinski definition) is 4. The van der Waals surface area contributed by atoms with Crippen LogP contribution in [0.4, 0.5) is 0 Å². The summed E-state index contributed by atoms with van der Waals surface area (Å²) in [5, 5.41) is 3.06. The molecule has 0 bridgehead atoms. The van der Waals surface area contributed by atoms with E-state index in [-0.39, 0.29) is 18.1 Å². The largest absolute Gasteiger partial charge is 0.375 e. The quantitative estimate of drug-likeness (QED) is 0.918. The van der Waals surface area contributed by atoms with Crippen molar-refractivity contribution in [2.24, 2.45) is 0 Å². The molecular formula is C16H22N4O2. The van der Waals surface area contributed by atoms with Gasteiger partial charge in [-0.2, -0.15) is 0 Å². The Morgan fingerprint density at radius 1 is 1.45 bits per heavy atom. The predicted octanol–water partition coefficient (Wildman–Crippen LogP) is 1.09. The first kappa shape index (κ1) is 15.0. The van der Waals surface area contributed by atoms with Crippen molar-refractivity contribution in [3.8, 4) is 0 Å². The number of nitrogens with zero attached hydrogens (tertiary/aromatic N) is 3. The highest BCUT2D eigenvalue weighted by Gasteiger charge is 2.33. The zero-order valence-corrected chi connectivity index (χ0v) is 13.2. The molecule has 6 heteroatoms. The molecule has 6 nitrogen and oxygen atoms in total. The third-order valence-electron chi connectivity index (χ3n) is 4.07. The Kier molecular flexibility index (Phi) is 4.13. The minimum atomic E-state index is -0.145. The van der Waals surface area contributed by atoms with Gasteiger partial charge in [0.1, 0.15) is 11.3 Å². The molecule has 1 saturated heterocycles. The van der Waals surface area contributed by atoms with Gasteiger partial charge in [0.05, 0.1) is 12.1 Å². The van der Waals surface area contributed by atoms with Crippen molar-refractivity contribution in [3.63, 3.8) is 0 Å². The first-order valence-electron chi connectivity index (χ1n) is 7.64. The van der Waals surface area contributed by atoms with Gasteiger partial charge in [-0.3, -0.25) is 4.79 Å². The monoisotopic (exact) mass is 302 g/mol. The summed E-state index contributed by atoms with van der Waals surface area (Å²) < 4.78 is 7.64. The topological polar surface area (TPSA) is 58.9 Å². The van der Waals surface area contributed by atoms with E-state index in [1.54, 1.807) is 6.20 Å². The summed E-state index contributed by atoms with van der Waals surface area (Å²) in [5.41, 5.74) is 2.28. The second kappa shape index (κ2) is 6.06. The summed E-state index contributed by atoms with van der Waals surface area (Å²) in [6.45, 7) is 6.25. The van der Waals surface area contributed by atoms with E-state index in [9.17, 15) is 4.79 Å². The molecule has 2 aromatic heterocycles. The zero-order valence-electron chi connectivity index (χ0n) is 13.2. The standard InChI is InChI=1S/C16H22N4O2/c1-4-22-14-10-19(3)8-12(14)18-16(21)13-9-20-11(2)6-5-7-15(20)17-13/h5-7,9,12,14H,4,8,10H2,1-3H3,(H,18,21)/t12-,14-/m0/s1. The maximum absolute atomic E-state index is 12.5. The molecule has 1 N–H and O–H groups in total. The van der Waals surface area contributed by atoms with E-state index in [0.717, 1.165) is 24.4 Å². The van der Waals surface area contributed by atoms with Crippen LogP contribution in [0.1, 0.15) is 23.1 Å². The Bertz CT molecular complexity index is 682. The zero-order chi connectivity index (χ0) is 15.7. The Hall–Kier alpha value is -1.92. The first-order valence-corrected chi connectivity index (χ1v) is 7.64. The van der Waals surface area contributed by atoms with Crippen LogP contribution in [0.2, 0.25) is 0 Å². The maximum atomic E-state index is 12.5. The number of likely N-dealkylation sites (tertiary alicyclic amines) is 1. The van der Waals surface area contributed by atoms with Crippen LogP contribution >= 0.6 is 0 Å². The lowest BCUT2D eigenvalue weighted by Gasteiger charge is -2.19. The molecule has 0 spiro atoms. The summed E-state index contributed by atoms with van der Waals surface area (Å²) in [5.74, 6) is -0.145. The predicted molar refractivity (Wildman–Crippen MR) is 84.1 cm³/mol. The van der Waals surface area contributed by atoms with Crippen molar-refractivity contribution in [2.45, 2.75) is 26.0 Å². The highest BCUT2D eigenvalue weighted by atomic mass is 16.5. The minimum absolute atomic E-state index is 0.00311. The number of pyridine rings is 1. The Labute approximate surface area is 130 Å². The minimum Gasteiger partial charge on any atom is -0.375 e. The summed E-state index contributed by atoms with van der Waals surface area (Å²) in [6.07, 6.45) is 1.83. The molecule has 3 heterocycles. The van der Waals surface area contributed by atoms with Gasteiger partial charge < -0.3 is 19.4 Å². The normalized spacial score (nSPS) is 22.3. The van der Waals surface area contributed by atoms with E-state index in [0.29, 0.717) is 12.3 Å². The van der Waals surface area contributed by atoms with Crippen molar-refractivity contribution in [1.82, 2.24) is 19.6 Å². The number of likely N-dealkylation sites (N-methyl/N-ethyl adjacent to an activating group) is 1. The molecule has 118 valence electrons. The van der Waals surface area contributed by atoms with Crippen molar-refractivity contribution in [3.05, 3.63) is 35.8 Å². The molecule has 22 heavy (non-hydrogen) atoms. The molecule has 3 rings (SSSR count). The average Bonchev–Trinajstić information content (AvgIpc) is 3.04. The van der Waals surface area contributed by atoms with E-state index >= 15 is 0 Å². The fourth-order valence-electron chi connectivity index (χ4n) is 2.98. The van der Waals surface area contributed by atoms with E-state index < -0.39 is 0 Å². The van der Waals surface area contributed by atoms with E-state index in [1.165, 1.54) is 0 Å². The number of carbonyl (C=O) groups is 1. The fraction of sp³-hybridized carbons (Fsp3) is 0.500. The van der Waals surface area contributed by atoms with Gasteiger partial charge in [0.15, 0.2) is 0 Å². The van der Waals surface area contributed by atoms with Crippen LogP contribution in [-0.4, -0.2) is 59.1 Å². The SMILES string of the molecule is CCO[C@H]1CN(C)C[C@@H]1NC(=O)c1cn2c(C)cccc2n1. The number of nitrogens with one attached hydrogen (secondary N) is 1. The van der Waals surface area contributed by atoms with Gasteiger partial charge >= 0.3 is 0 Å². The molecule has 1 aliphatic heterocycles. The molecule has 1 amide bonds. The van der Waals surface area contributed by atoms with Gasteiger partial charge in [-0.15, -0.1) is 0 Å². The fourth-order valence-corrected chi connectivity index (χ4v) is 2.98. The van der Waals surface area contributed by atoms with Crippen LogP contribution in [0.15, 0.2) is 24.4 Å². The highest BCUT2D eigenvalue weighted by molar-refractivity contribution is 5.93. The van der Waals surface area contributed by atoms with Gasteiger partial charge in [0.2, 0.25) is 0 Å². The van der Waals surface area contributed by atoms with Crippen molar-refractivity contribution < 1.29 is 9.53 Å². The third-order valence-corrected chi connectivity index (χ3v) is 4.07. The average molecular weight is 302 g/mol. The molecule has 0 aliphatic carbocycles. The second-order valence-electron chi connectivity index (χ2n) is 5.82. The smallest absolute Gasteiger partial charge is 0.271 e. The lowest BCUT2D eigenvalue weighted by Crippen LogP contribution is -2.44. The number of ether oxygens (including phenoxy) is 1. The molecular weight excluding hydrogens is 280 g/mol. The van der Waals surface area contributed by atoms with Crippen LogP contribution in [0.3, 0.4) is 0 Å². The van der Waals surface area contributed by atoms with Gasteiger partial charge in [-0.1, -0.05) is 6.07 Å². The maximum Gasteiger partial charge on any atom is 0.271 e. The number of aromatic nitrogens is 2. The van der Waals surface area contributed by atoms with Crippen LogP contribution in [-0.2, 0) is 4.74 Å². The van der Waals surface area contributed by atoms with Crippen molar-refractivity contribution >= 4 is 11.6 Å². The number of imidazole rings is 1. The van der Waals surface area contributed by atoms with Crippen molar-refractivity contribution in [1.29, 1.82) is 0 Å². The van der Waals surface area contributed by atoms with Crippen LogP contribution in [0, 0.1) is 6.92 Å². The number of rotatable bonds is 4. The Morgan fingerprint density at radius 2 is 2.27 bits per heavy atom. The van der Waals surface area contributed by atoms with E-state index in [1.807, 2.05) is 43.5 Å². The summed E-state index contributed by atoms with van der Waals surface area (Å²) in [6, 6.07) is 5.84. The van der Waals surface area contributed by atoms with E-state index in [4.69, 9.17) is 4.74 Å². The summed E-state index contributed by atoms with van der Waals surface area (Å²) in [7, 11) is 2.03. The Balaban J connectivity index is 1.76. The molecule has 0 saturated carbocycles. The first-order chi connectivity index (χ1) is 10.6. The highest BCUT2D eigenvalue weighted by Crippen LogP contribution is 2.13. The molecule has 2 aromatic rings. The molecule has 0 radical (unpaired) electrons. The number of amides is 1. The third kappa shape index (κ3) is 2.84. The van der Waals surface area contributed by atoms with E-state index in [2.05, 4.69) is 15.2 Å². The lowest BCUT2D eigenvalue weighted by atomic mass is 10.2. The van der Waals surface area contributed by atoms with Crippen molar-refractivity contribution in [2.75, 3.05) is 26.7 Å². The van der Waals surface area contributed by atoms with Gasteiger partial charge in [-0.25, -0.2) is 4.98 Å². The van der Waals surface area contributed by atoms with Crippen LogP contribution in [0.5, 0.6) is 0 Å².